The van der Waals surface area contributed by atoms with Crippen molar-refractivity contribution in [1.29, 1.82) is 0 Å². The van der Waals surface area contributed by atoms with Crippen molar-refractivity contribution in [3.8, 4) is 0 Å². The van der Waals surface area contributed by atoms with Crippen molar-refractivity contribution in [2.45, 2.75) is 32.1 Å². The molecule has 0 aliphatic carbocycles. The molecule has 0 atom stereocenters. The van der Waals surface area contributed by atoms with Crippen molar-refractivity contribution >= 4 is 27.3 Å². The van der Waals surface area contributed by atoms with Crippen molar-refractivity contribution in [1.82, 2.24) is 0 Å². The van der Waals surface area contributed by atoms with Gasteiger partial charge in [0.15, 0.2) is 0 Å². The molecule has 0 aromatic heterocycles. The number of sulfonamides is 1. The van der Waals surface area contributed by atoms with Gasteiger partial charge in [0, 0.05) is 5.69 Å². The lowest BCUT2D eigenvalue weighted by Crippen LogP contribution is -2.38. The second-order valence-corrected chi connectivity index (χ2v) is 9.03. The molecule has 0 heterocycles. The number of anilines is 2. The molecule has 0 aliphatic rings. The molecule has 0 saturated carbocycles. The summed E-state index contributed by atoms with van der Waals surface area (Å²) in [6.45, 7) is 5.55. The Labute approximate surface area is 178 Å². The second kappa shape index (κ2) is 9.13. The van der Waals surface area contributed by atoms with E-state index in [0.717, 1.165) is 33.1 Å². The molecule has 0 bridgehead atoms. The summed E-state index contributed by atoms with van der Waals surface area (Å²) in [6, 6.07) is 21.1. The predicted molar refractivity (Wildman–Crippen MR) is 121 cm³/mol. The molecule has 6 heteroatoms. The summed E-state index contributed by atoms with van der Waals surface area (Å²) in [4.78, 5) is 13.1. The molecule has 0 fully saturated rings. The Hall–Kier alpha value is -3.12. The van der Waals surface area contributed by atoms with E-state index in [1.54, 1.807) is 30.3 Å². The van der Waals surface area contributed by atoms with Crippen LogP contribution in [-0.4, -0.2) is 20.9 Å². The Morgan fingerprint density at radius 1 is 0.900 bits per heavy atom. The van der Waals surface area contributed by atoms with E-state index in [2.05, 4.69) is 5.32 Å². The summed E-state index contributed by atoms with van der Waals surface area (Å²) in [6.07, 6.45) is 0.765. The SMILES string of the molecule is CCc1cccc(C)c1NC(=O)CN(c1ccc(C)cc1)S(=O)(=O)c1ccccc1. The third-order valence-corrected chi connectivity index (χ3v) is 6.73. The van der Waals surface area contributed by atoms with Crippen LogP contribution in [0, 0.1) is 13.8 Å². The van der Waals surface area contributed by atoms with E-state index in [-0.39, 0.29) is 17.3 Å². The van der Waals surface area contributed by atoms with Crippen molar-refractivity contribution in [2.24, 2.45) is 0 Å². The molecular weight excluding hydrogens is 396 g/mol. The molecule has 5 nitrogen and oxygen atoms in total. The number of amides is 1. The predicted octanol–water partition coefficient (Wildman–Crippen LogP) is 4.70. The van der Waals surface area contributed by atoms with E-state index in [1.165, 1.54) is 12.1 Å². The molecule has 3 aromatic rings. The average Bonchev–Trinajstić information content (AvgIpc) is 2.75. The van der Waals surface area contributed by atoms with Crippen LogP contribution in [0.3, 0.4) is 0 Å². The van der Waals surface area contributed by atoms with Crippen LogP contribution in [0.25, 0.3) is 0 Å². The van der Waals surface area contributed by atoms with Crippen LogP contribution in [-0.2, 0) is 21.2 Å². The van der Waals surface area contributed by atoms with Crippen LogP contribution in [0.4, 0.5) is 11.4 Å². The van der Waals surface area contributed by atoms with Crippen LogP contribution < -0.4 is 9.62 Å². The Bertz CT molecular complexity index is 1120. The first kappa shape index (κ1) is 21.6. The minimum atomic E-state index is -3.91. The van der Waals surface area contributed by atoms with Gasteiger partial charge >= 0.3 is 0 Å². The lowest BCUT2D eigenvalue weighted by Gasteiger charge is -2.24. The van der Waals surface area contributed by atoms with Crippen molar-refractivity contribution in [3.63, 3.8) is 0 Å². The summed E-state index contributed by atoms with van der Waals surface area (Å²) in [7, 11) is -3.91. The molecule has 0 saturated heterocycles. The minimum absolute atomic E-state index is 0.142. The van der Waals surface area contributed by atoms with Gasteiger partial charge in [-0.15, -0.1) is 0 Å². The molecule has 1 N–H and O–H groups in total. The summed E-state index contributed by atoms with van der Waals surface area (Å²) in [5.74, 6) is -0.390. The minimum Gasteiger partial charge on any atom is -0.324 e. The third-order valence-electron chi connectivity index (χ3n) is 4.94. The van der Waals surface area contributed by atoms with E-state index in [1.807, 2.05) is 51.1 Å². The highest BCUT2D eigenvalue weighted by Gasteiger charge is 2.27. The molecule has 1 amide bonds. The van der Waals surface area contributed by atoms with Gasteiger partial charge in [0.2, 0.25) is 5.91 Å². The normalized spacial score (nSPS) is 11.2. The van der Waals surface area contributed by atoms with Gasteiger partial charge in [-0.1, -0.05) is 61.0 Å². The fourth-order valence-electron chi connectivity index (χ4n) is 3.26. The lowest BCUT2D eigenvalue weighted by molar-refractivity contribution is -0.114. The van der Waals surface area contributed by atoms with E-state index in [0.29, 0.717) is 5.69 Å². The maximum atomic E-state index is 13.3. The fourth-order valence-corrected chi connectivity index (χ4v) is 4.70. The van der Waals surface area contributed by atoms with E-state index in [9.17, 15) is 13.2 Å². The van der Waals surface area contributed by atoms with Gasteiger partial charge in [-0.25, -0.2) is 8.42 Å². The maximum absolute atomic E-state index is 13.3. The highest BCUT2D eigenvalue weighted by atomic mass is 32.2. The smallest absolute Gasteiger partial charge is 0.264 e. The van der Waals surface area contributed by atoms with Gasteiger partial charge in [0.25, 0.3) is 10.0 Å². The molecule has 0 unspecified atom stereocenters. The van der Waals surface area contributed by atoms with Gasteiger partial charge in [-0.3, -0.25) is 9.10 Å². The maximum Gasteiger partial charge on any atom is 0.264 e. The molecule has 0 aliphatic heterocycles. The van der Waals surface area contributed by atoms with Crippen molar-refractivity contribution in [3.05, 3.63) is 89.5 Å². The Balaban J connectivity index is 1.96. The molecular formula is C24H26N2O3S. The first-order chi connectivity index (χ1) is 14.3. The first-order valence-corrected chi connectivity index (χ1v) is 11.3. The number of rotatable bonds is 7. The quantitative estimate of drug-likeness (QED) is 0.600. The zero-order valence-electron chi connectivity index (χ0n) is 17.4. The number of para-hydroxylation sites is 1. The zero-order valence-corrected chi connectivity index (χ0v) is 18.2. The fraction of sp³-hybridized carbons (Fsp3) is 0.208. The van der Waals surface area contributed by atoms with Gasteiger partial charge < -0.3 is 5.32 Å². The van der Waals surface area contributed by atoms with Crippen molar-refractivity contribution < 1.29 is 13.2 Å². The standard InChI is InChI=1S/C24H26N2O3S/c1-4-20-10-8-9-19(3)24(20)25-23(27)17-26(21-15-13-18(2)14-16-21)30(28,29)22-11-6-5-7-12-22/h5-16H,4,17H2,1-3H3,(H,25,27). The monoisotopic (exact) mass is 422 g/mol. The Morgan fingerprint density at radius 3 is 2.20 bits per heavy atom. The second-order valence-electron chi connectivity index (χ2n) is 7.17. The van der Waals surface area contributed by atoms with Gasteiger partial charge in [0.1, 0.15) is 6.54 Å². The molecule has 3 aromatic carbocycles. The molecule has 3 rings (SSSR count). The molecule has 30 heavy (non-hydrogen) atoms. The van der Waals surface area contributed by atoms with E-state index in [4.69, 9.17) is 0 Å². The zero-order chi connectivity index (χ0) is 21.7. The largest absolute Gasteiger partial charge is 0.324 e. The Morgan fingerprint density at radius 2 is 1.57 bits per heavy atom. The number of nitrogens with one attached hydrogen (secondary N) is 1. The van der Waals surface area contributed by atoms with Crippen molar-refractivity contribution in [2.75, 3.05) is 16.2 Å². The van der Waals surface area contributed by atoms with E-state index < -0.39 is 10.0 Å². The summed E-state index contributed by atoms with van der Waals surface area (Å²) in [5.41, 5.74) is 4.14. The van der Waals surface area contributed by atoms with Crippen LogP contribution >= 0.6 is 0 Å². The summed E-state index contributed by atoms with van der Waals surface area (Å²) >= 11 is 0. The number of aryl methyl sites for hydroxylation is 3. The van der Waals surface area contributed by atoms with Gasteiger partial charge in [-0.05, 0) is 55.7 Å². The van der Waals surface area contributed by atoms with Crippen LogP contribution in [0.1, 0.15) is 23.6 Å². The first-order valence-electron chi connectivity index (χ1n) is 9.85. The molecule has 0 spiro atoms. The Kier molecular flexibility index (Phi) is 6.57. The van der Waals surface area contributed by atoms with Gasteiger partial charge in [0.05, 0.1) is 10.6 Å². The van der Waals surface area contributed by atoms with Crippen LogP contribution in [0.5, 0.6) is 0 Å². The molecule has 156 valence electrons. The highest BCUT2D eigenvalue weighted by Crippen LogP contribution is 2.25. The number of carbonyl (C=O) groups excluding carboxylic acids is 1. The number of nitrogens with zero attached hydrogens (tertiary/aromatic N) is 1. The topological polar surface area (TPSA) is 66.5 Å². The number of hydrogen-bond acceptors (Lipinski definition) is 3. The van der Waals surface area contributed by atoms with Crippen LogP contribution in [0.15, 0.2) is 77.7 Å². The summed E-state index contributed by atoms with van der Waals surface area (Å²) in [5, 5.41) is 2.92. The third kappa shape index (κ3) is 4.71. The number of benzene rings is 3. The lowest BCUT2D eigenvalue weighted by atomic mass is 10.1. The van der Waals surface area contributed by atoms with Crippen LogP contribution in [0.2, 0.25) is 0 Å². The summed E-state index contributed by atoms with van der Waals surface area (Å²) < 4.78 is 27.8. The van der Waals surface area contributed by atoms with E-state index >= 15 is 0 Å². The van der Waals surface area contributed by atoms with Gasteiger partial charge in [-0.2, -0.15) is 0 Å². The number of carbonyl (C=O) groups is 1. The number of hydrogen-bond donors (Lipinski definition) is 1. The molecule has 0 radical (unpaired) electrons. The highest BCUT2D eigenvalue weighted by molar-refractivity contribution is 7.92. The average molecular weight is 423 g/mol.